The van der Waals surface area contributed by atoms with Crippen LogP contribution in [0.25, 0.3) is 22.2 Å². The summed E-state index contributed by atoms with van der Waals surface area (Å²) in [6.45, 7) is 1.74. The first-order valence-electron chi connectivity index (χ1n) is 9.08. The van der Waals surface area contributed by atoms with Gasteiger partial charge in [0.1, 0.15) is 11.3 Å². The van der Waals surface area contributed by atoms with Gasteiger partial charge < -0.3 is 9.32 Å². The van der Waals surface area contributed by atoms with Gasteiger partial charge in [0.15, 0.2) is 12.0 Å². The van der Waals surface area contributed by atoms with Gasteiger partial charge in [0.2, 0.25) is 5.91 Å². The van der Waals surface area contributed by atoms with Crippen LogP contribution in [0.3, 0.4) is 0 Å². The topological polar surface area (TPSA) is 64.2 Å². The van der Waals surface area contributed by atoms with Crippen LogP contribution in [0.15, 0.2) is 59.5 Å². The molecular formula is C21H17FN4O2. The number of halogens is 1. The molecule has 0 N–H and O–H groups in total. The maximum Gasteiger partial charge on any atom is 0.227 e. The third-order valence-electron chi connectivity index (χ3n) is 5.13. The summed E-state index contributed by atoms with van der Waals surface area (Å²) in [6.07, 6.45) is 3.49. The summed E-state index contributed by atoms with van der Waals surface area (Å²) >= 11 is 0. The number of fused-ring (bicyclic) bond motifs is 2. The van der Waals surface area contributed by atoms with Gasteiger partial charge in [0.25, 0.3) is 0 Å². The predicted molar refractivity (Wildman–Crippen MR) is 101 cm³/mol. The zero-order valence-electron chi connectivity index (χ0n) is 15.0. The number of nitrogens with zero attached hydrogens (tertiary/aromatic N) is 4. The highest BCUT2D eigenvalue weighted by atomic mass is 19.1. The largest absolute Gasteiger partial charge is 0.443 e. The number of hydrogen-bond donors (Lipinski definition) is 0. The molecule has 0 spiro atoms. The number of carbonyl (C=O) groups excluding carboxylic acids is 1. The Hall–Kier alpha value is -3.48. The Bertz CT molecular complexity index is 1160. The van der Waals surface area contributed by atoms with Gasteiger partial charge >= 0.3 is 0 Å². The van der Waals surface area contributed by atoms with Crippen molar-refractivity contribution in [1.82, 2.24) is 19.7 Å². The lowest BCUT2D eigenvalue weighted by molar-refractivity contribution is -0.131. The van der Waals surface area contributed by atoms with Crippen LogP contribution in [0.4, 0.5) is 4.39 Å². The quantitative estimate of drug-likeness (QED) is 0.550. The number of rotatable bonds is 3. The lowest BCUT2D eigenvalue weighted by Gasteiger charge is -2.28. The fourth-order valence-corrected chi connectivity index (χ4v) is 3.62. The molecule has 7 heteroatoms. The number of oxazole rings is 1. The van der Waals surface area contributed by atoms with Crippen molar-refractivity contribution in [1.29, 1.82) is 0 Å². The van der Waals surface area contributed by atoms with Crippen LogP contribution in [0, 0.1) is 5.82 Å². The van der Waals surface area contributed by atoms with E-state index < -0.39 is 0 Å². The maximum absolute atomic E-state index is 13.2. The van der Waals surface area contributed by atoms with Gasteiger partial charge in [-0.25, -0.2) is 9.37 Å². The molecule has 3 heterocycles. The lowest BCUT2D eigenvalue weighted by Crippen LogP contribution is -2.39. The smallest absolute Gasteiger partial charge is 0.227 e. The Morgan fingerprint density at radius 1 is 1.14 bits per heavy atom. The molecule has 0 aliphatic carbocycles. The Morgan fingerprint density at radius 3 is 2.86 bits per heavy atom. The minimum absolute atomic E-state index is 0.0522. The lowest BCUT2D eigenvalue weighted by atomic mass is 10.0. The molecule has 0 atom stereocenters. The molecule has 0 bridgehead atoms. The molecule has 2 aromatic heterocycles. The van der Waals surface area contributed by atoms with Crippen molar-refractivity contribution in [3.8, 4) is 11.1 Å². The summed E-state index contributed by atoms with van der Waals surface area (Å²) < 4.78 is 20.5. The number of amides is 1. The Labute approximate surface area is 160 Å². The van der Waals surface area contributed by atoms with Gasteiger partial charge in [-0.15, -0.1) is 0 Å². The molecule has 140 valence electrons. The van der Waals surface area contributed by atoms with Crippen LogP contribution >= 0.6 is 0 Å². The second-order valence-corrected chi connectivity index (χ2v) is 6.88. The Morgan fingerprint density at radius 2 is 2.00 bits per heavy atom. The monoisotopic (exact) mass is 376 g/mol. The number of benzene rings is 2. The zero-order valence-corrected chi connectivity index (χ0v) is 15.0. The van der Waals surface area contributed by atoms with Crippen LogP contribution in [0.5, 0.6) is 0 Å². The average molecular weight is 376 g/mol. The van der Waals surface area contributed by atoms with Crippen molar-refractivity contribution < 1.29 is 13.6 Å². The summed E-state index contributed by atoms with van der Waals surface area (Å²) in [7, 11) is 0. The first-order valence-corrected chi connectivity index (χ1v) is 9.08. The van der Waals surface area contributed by atoms with E-state index >= 15 is 0 Å². The van der Waals surface area contributed by atoms with E-state index in [4.69, 9.17) is 4.42 Å². The zero-order chi connectivity index (χ0) is 19.1. The molecule has 0 saturated carbocycles. The number of hydrogen-bond acceptors (Lipinski definition) is 4. The van der Waals surface area contributed by atoms with E-state index in [1.165, 1.54) is 18.5 Å². The van der Waals surface area contributed by atoms with E-state index in [1.54, 1.807) is 18.3 Å². The van der Waals surface area contributed by atoms with E-state index in [9.17, 15) is 9.18 Å². The van der Waals surface area contributed by atoms with E-state index in [0.29, 0.717) is 31.6 Å². The molecule has 4 aromatic rings. The molecule has 5 rings (SSSR count). The van der Waals surface area contributed by atoms with Gasteiger partial charge in [-0.1, -0.05) is 18.2 Å². The van der Waals surface area contributed by atoms with Crippen molar-refractivity contribution in [2.24, 2.45) is 0 Å². The van der Waals surface area contributed by atoms with E-state index in [1.807, 2.05) is 27.8 Å². The fraction of sp³-hybridized carbons (Fsp3) is 0.190. The number of carbonyl (C=O) groups is 1. The minimum atomic E-state index is -0.273. The van der Waals surface area contributed by atoms with Crippen LogP contribution < -0.4 is 0 Å². The predicted octanol–water partition coefficient (Wildman–Crippen LogP) is 3.42. The van der Waals surface area contributed by atoms with Gasteiger partial charge in [-0.2, -0.15) is 5.10 Å². The van der Waals surface area contributed by atoms with Crippen molar-refractivity contribution in [3.05, 3.63) is 72.1 Å². The van der Waals surface area contributed by atoms with E-state index in [2.05, 4.69) is 10.1 Å². The highest BCUT2D eigenvalue weighted by Crippen LogP contribution is 2.27. The summed E-state index contributed by atoms with van der Waals surface area (Å²) in [5.74, 6) is -0.221. The summed E-state index contributed by atoms with van der Waals surface area (Å²) in [5, 5.41) is 4.43. The molecule has 0 fully saturated rings. The van der Waals surface area contributed by atoms with Crippen LogP contribution in [-0.2, 0) is 24.3 Å². The SMILES string of the molecule is O=C(Cc1ccc2ncoc2c1)N1CCn2ncc(-c3ccc(F)cc3)c2C1. The van der Waals surface area contributed by atoms with Gasteiger partial charge in [0, 0.05) is 12.1 Å². The molecule has 0 unspecified atom stereocenters. The Kier molecular flexibility index (Phi) is 3.93. The normalized spacial score (nSPS) is 13.7. The molecule has 0 radical (unpaired) electrons. The first kappa shape index (κ1) is 16.7. The number of aromatic nitrogens is 3. The summed E-state index contributed by atoms with van der Waals surface area (Å²) in [5.41, 5.74) is 5.15. The highest BCUT2D eigenvalue weighted by molar-refractivity contribution is 5.81. The maximum atomic E-state index is 13.2. The molecule has 2 aromatic carbocycles. The van der Waals surface area contributed by atoms with Crippen molar-refractivity contribution in [2.75, 3.05) is 6.54 Å². The molecular weight excluding hydrogens is 359 g/mol. The molecule has 28 heavy (non-hydrogen) atoms. The minimum Gasteiger partial charge on any atom is -0.443 e. The molecule has 6 nitrogen and oxygen atoms in total. The Balaban J connectivity index is 1.36. The summed E-state index contributed by atoms with van der Waals surface area (Å²) in [6, 6.07) is 12.0. The standard InChI is InChI=1S/C21H17FN4O2/c22-16-4-2-15(3-5-16)17-11-24-26-8-7-25(12-19(17)26)21(27)10-14-1-6-18-20(9-14)28-13-23-18/h1-6,9,11,13H,7-8,10,12H2. The van der Waals surface area contributed by atoms with E-state index in [-0.39, 0.29) is 11.7 Å². The van der Waals surface area contributed by atoms with E-state index in [0.717, 1.165) is 27.9 Å². The van der Waals surface area contributed by atoms with Crippen molar-refractivity contribution in [2.45, 2.75) is 19.5 Å². The van der Waals surface area contributed by atoms with Crippen LogP contribution in [-0.4, -0.2) is 32.1 Å². The van der Waals surface area contributed by atoms with Crippen molar-refractivity contribution >= 4 is 17.0 Å². The second kappa shape index (κ2) is 6.60. The molecule has 0 saturated heterocycles. The van der Waals surface area contributed by atoms with Gasteiger partial charge in [-0.05, 0) is 35.4 Å². The molecule has 1 aliphatic heterocycles. The van der Waals surface area contributed by atoms with Gasteiger partial charge in [-0.3, -0.25) is 9.48 Å². The molecule has 1 amide bonds. The summed E-state index contributed by atoms with van der Waals surface area (Å²) in [4.78, 5) is 18.8. The highest BCUT2D eigenvalue weighted by Gasteiger charge is 2.24. The first-order chi connectivity index (χ1) is 13.7. The third kappa shape index (κ3) is 2.94. The molecule has 1 aliphatic rings. The second-order valence-electron chi connectivity index (χ2n) is 6.88. The van der Waals surface area contributed by atoms with Crippen molar-refractivity contribution in [3.63, 3.8) is 0 Å². The van der Waals surface area contributed by atoms with Crippen LogP contribution in [0.2, 0.25) is 0 Å². The van der Waals surface area contributed by atoms with Crippen LogP contribution in [0.1, 0.15) is 11.3 Å². The fourth-order valence-electron chi connectivity index (χ4n) is 3.62. The van der Waals surface area contributed by atoms with Gasteiger partial charge in [0.05, 0.1) is 31.4 Å². The third-order valence-corrected chi connectivity index (χ3v) is 5.13. The average Bonchev–Trinajstić information content (AvgIpc) is 3.34.